The molecule has 2 aromatic heterocycles. The van der Waals surface area contributed by atoms with Crippen LogP contribution in [-0.2, 0) is 45.2 Å². The Morgan fingerprint density at radius 1 is 0.589 bits per heavy atom. The van der Waals surface area contributed by atoms with E-state index < -0.39 is 78.0 Å². The van der Waals surface area contributed by atoms with Crippen molar-refractivity contribution in [3.63, 3.8) is 0 Å². The molecule has 19 nitrogen and oxygen atoms in total. The number of carbonyl (C=O) groups is 6. The lowest BCUT2D eigenvalue weighted by atomic mass is 9.89. The fourth-order valence-electron chi connectivity index (χ4n) is 7.49. The SMILES string of the molecule is CC(C)C(=O)N1CCn2cc(C(=O)NC3(C)CCN(C(=O)OC(C(F)(F)F)C(F)(F)F)CC3)nc2C1.CC(C)C(=O)O.CC1(NC(=O)c2cn3c(n2)CNCC3)CCN(C(=O)OC(C(F)(F)F)C(F)(F)F)CC1. The molecule has 0 unspecified atom stereocenters. The van der Waals surface area contributed by atoms with Crippen molar-refractivity contribution < 1.29 is 96.0 Å². The van der Waals surface area contributed by atoms with Crippen LogP contribution in [0, 0.1) is 11.8 Å². The number of carbonyl (C=O) groups excluding carboxylic acids is 5. The van der Waals surface area contributed by atoms with Gasteiger partial charge in [0.2, 0.25) is 5.91 Å². The third-order valence-electron chi connectivity index (χ3n) is 11.9. The smallest absolute Gasteiger partial charge is 0.434 e. The van der Waals surface area contributed by atoms with Gasteiger partial charge >= 0.3 is 42.9 Å². The standard InChI is InChI=1S/C21H27F6N5O4.C17H21F6N5O3.C4H8O2/c1-12(2)16(34)32-9-8-31-10-13(28-14(31)11-32)15(33)29-19(3)4-6-30(7-5-19)18(35)36-17(20(22,23)24)21(25,26)27;1-15(26-12(29)10-9-28-7-4-24-8-11(28)25-10)2-5-27(6-3-15)14(30)31-13(16(18,19)20)17(21,22)23;1-3(2)4(5)6/h10,12,17H,4-9,11H2,1-3H3,(H,29,33);9,13,24H,2-8H2,1H3,(H,26,29);3H,1-2H3,(H,5,6). The van der Waals surface area contributed by atoms with Crippen LogP contribution in [0.15, 0.2) is 12.4 Å². The fourth-order valence-corrected chi connectivity index (χ4v) is 7.49. The van der Waals surface area contributed by atoms with Crippen LogP contribution < -0.4 is 16.0 Å². The molecule has 2 fully saturated rings. The second-order valence-electron chi connectivity index (χ2n) is 18.8. The zero-order valence-corrected chi connectivity index (χ0v) is 40.2. The molecule has 0 radical (unpaired) electrons. The minimum absolute atomic E-state index is 0.0233. The number of amides is 5. The summed E-state index contributed by atoms with van der Waals surface area (Å²) in [6.45, 7) is 12.6. The number of nitrogens with one attached hydrogen (secondary N) is 3. The summed E-state index contributed by atoms with van der Waals surface area (Å²) in [5.74, 6) is -0.883. The van der Waals surface area contributed by atoms with Gasteiger partial charge in [-0.3, -0.25) is 19.2 Å². The van der Waals surface area contributed by atoms with Crippen LogP contribution in [0.5, 0.6) is 0 Å². The molecule has 0 aromatic carbocycles. The second-order valence-corrected chi connectivity index (χ2v) is 18.8. The maximum atomic E-state index is 12.8. The van der Waals surface area contributed by atoms with Crippen molar-refractivity contribution in [3.05, 3.63) is 35.4 Å². The number of halogens is 12. The average molecular weight is 1070 g/mol. The topological polar surface area (TPSA) is 223 Å². The molecule has 2 saturated heterocycles. The first kappa shape index (κ1) is 59.5. The molecule has 0 aliphatic carbocycles. The van der Waals surface area contributed by atoms with Crippen LogP contribution in [0.25, 0.3) is 0 Å². The van der Waals surface area contributed by atoms with Crippen LogP contribution in [0.4, 0.5) is 62.3 Å². The summed E-state index contributed by atoms with van der Waals surface area (Å²) in [6, 6.07) is 0. The molecular formula is C42H56F12N10O9. The van der Waals surface area contributed by atoms with Crippen LogP contribution in [0.2, 0.25) is 0 Å². The van der Waals surface area contributed by atoms with E-state index in [2.05, 4.69) is 35.4 Å². The molecule has 412 valence electrons. The third-order valence-corrected chi connectivity index (χ3v) is 11.9. The first-order chi connectivity index (χ1) is 33.4. The Labute approximate surface area is 409 Å². The number of hydrogen-bond acceptors (Lipinski definition) is 11. The van der Waals surface area contributed by atoms with Gasteiger partial charge < -0.3 is 54.4 Å². The van der Waals surface area contributed by atoms with Crippen LogP contribution in [0.3, 0.4) is 0 Å². The van der Waals surface area contributed by atoms with Gasteiger partial charge in [0.05, 0.1) is 19.0 Å². The van der Waals surface area contributed by atoms with E-state index >= 15 is 0 Å². The first-order valence-corrected chi connectivity index (χ1v) is 22.6. The van der Waals surface area contributed by atoms with Crippen LogP contribution in [0.1, 0.15) is 99.9 Å². The van der Waals surface area contributed by atoms with Crippen LogP contribution >= 0.6 is 0 Å². The van der Waals surface area contributed by atoms with E-state index in [-0.39, 0.29) is 87.5 Å². The van der Waals surface area contributed by atoms with Crippen molar-refractivity contribution in [2.45, 2.75) is 141 Å². The van der Waals surface area contributed by atoms with E-state index in [9.17, 15) is 81.5 Å². The van der Waals surface area contributed by atoms with Gasteiger partial charge in [-0.2, -0.15) is 52.7 Å². The highest BCUT2D eigenvalue weighted by Crippen LogP contribution is 2.38. The Kier molecular flexibility index (Phi) is 18.8. The Balaban J connectivity index is 0.000000287. The summed E-state index contributed by atoms with van der Waals surface area (Å²) in [6.07, 6.45) is -31.4. The normalized spacial score (nSPS) is 17.9. The molecule has 0 bridgehead atoms. The fraction of sp³-hybridized carbons (Fsp3) is 0.714. The molecule has 0 saturated carbocycles. The minimum atomic E-state index is -5.80. The lowest BCUT2D eigenvalue weighted by molar-refractivity contribution is -0.309. The number of hydrogen-bond donors (Lipinski definition) is 4. The lowest BCUT2D eigenvalue weighted by Gasteiger charge is -2.39. The Morgan fingerprint density at radius 2 is 0.959 bits per heavy atom. The number of aromatic nitrogens is 4. The molecule has 6 heterocycles. The molecule has 4 aliphatic heterocycles. The number of rotatable bonds is 8. The van der Waals surface area contributed by atoms with E-state index in [1.54, 1.807) is 63.4 Å². The summed E-state index contributed by atoms with van der Waals surface area (Å²) >= 11 is 0. The van der Waals surface area contributed by atoms with Gasteiger partial charge in [0, 0.05) is 81.7 Å². The lowest BCUT2D eigenvalue weighted by Crippen LogP contribution is -2.55. The number of ether oxygens (including phenoxy) is 2. The summed E-state index contributed by atoms with van der Waals surface area (Å²) in [5.41, 5.74) is -1.38. The Bertz CT molecular complexity index is 2230. The van der Waals surface area contributed by atoms with E-state index in [1.165, 1.54) is 0 Å². The predicted octanol–water partition coefficient (Wildman–Crippen LogP) is 6.02. The van der Waals surface area contributed by atoms with E-state index in [0.29, 0.717) is 37.8 Å². The molecule has 31 heteroatoms. The summed E-state index contributed by atoms with van der Waals surface area (Å²) in [5, 5.41) is 16.7. The van der Waals surface area contributed by atoms with Crippen molar-refractivity contribution >= 4 is 35.9 Å². The zero-order valence-electron chi connectivity index (χ0n) is 40.2. The van der Waals surface area contributed by atoms with Crippen molar-refractivity contribution in [2.75, 3.05) is 39.3 Å². The quantitative estimate of drug-likeness (QED) is 0.223. The molecule has 4 N–H and O–H groups in total. The highest BCUT2D eigenvalue weighted by Gasteiger charge is 2.61. The minimum Gasteiger partial charge on any atom is -0.481 e. The van der Waals surface area contributed by atoms with Gasteiger partial charge in [-0.25, -0.2) is 19.6 Å². The van der Waals surface area contributed by atoms with E-state index in [0.717, 1.165) is 16.3 Å². The zero-order chi connectivity index (χ0) is 55.2. The first-order valence-electron chi connectivity index (χ1n) is 22.6. The Morgan fingerprint density at radius 3 is 1.30 bits per heavy atom. The molecule has 0 atom stereocenters. The van der Waals surface area contributed by atoms with Crippen molar-refractivity contribution in [1.82, 2.24) is 49.8 Å². The number of nitrogens with zero attached hydrogens (tertiary/aromatic N) is 7. The molecule has 4 aliphatic rings. The number of imidazole rings is 2. The summed E-state index contributed by atoms with van der Waals surface area (Å²) in [4.78, 5) is 82.9. The number of fused-ring (bicyclic) bond motifs is 2. The molecule has 6 rings (SSSR count). The molecule has 73 heavy (non-hydrogen) atoms. The van der Waals surface area contributed by atoms with Gasteiger partial charge in [-0.05, 0) is 39.5 Å². The van der Waals surface area contributed by atoms with Gasteiger partial charge in [-0.15, -0.1) is 0 Å². The summed E-state index contributed by atoms with van der Waals surface area (Å²) < 4.78 is 163. The van der Waals surface area contributed by atoms with Gasteiger partial charge in [0.25, 0.3) is 24.0 Å². The maximum absolute atomic E-state index is 12.8. The highest BCUT2D eigenvalue weighted by atomic mass is 19.4. The highest BCUT2D eigenvalue weighted by molar-refractivity contribution is 5.93. The monoisotopic (exact) mass is 1070 g/mol. The molecular weight excluding hydrogens is 1020 g/mol. The van der Waals surface area contributed by atoms with Gasteiger partial charge in [0.1, 0.15) is 23.0 Å². The summed E-state index contributed by atoms with van der Waals surface area (Å²) in [7, 11) is 0. The van der Waals surface area contributed by atoms with E-state index in [4.69, 9.17) is 5.11 Å². The number of carboxylic acids is 1. The number of alkyl halides is 12. The van der Waals surface area contributed by atoms with Gasteiger partial charge in [-0.1, -0.05) is 27.7 Å². The number of aliphatic carboxylic acids is 1. The van der Waals surface area contributed by atoms with Crippen molar-refractivity contribution in [2.24, 2.45) is 11.8 Å². The average Bonchev–Trinajstić information content (AvgIpc) is 3.91. The number of likely N-dealkylation sites (tertiary alicyclic amines) is 2. The van der Waals surface area contributed by atoms with Crippen molar-refractivity contribution in [3.8, 4) is 0 Å². The number of carboxylic acid groups (broad SMARTS) is 1. The van der Waals surface area contributed by atoms with Crippen LogP contribution in [-0.4, -0.2) is 162 Å². The maximum Gasteiger partial charge on any atom is 0.434 e. The molecule has 5 amide bonds. The second kappa shape index (κ2) is 23.0. The molecule has 0 spiro atoms. The Hall–Kier alpha value is -6.04. The largest absolute Gasteiger partial charge is 0.481 e. The third kappa shape index (κ3) is 16.5. The van der Waals surface area contributed by atoms with Crippen molar-refractivity contribution in [1.29, 1.82) is 0 Å². The predicted molar refractivity (Wildman–Crippen MR) is 227 cm³/mol. The molecule has 2 aromatic rings. The number of piperidine rings is 2. The van der Waals surface area contributed by atoms with E-state index in [1.807, 2.05) is 4.57 Å². The van der Waals surface area contributed by atoms with Gasteiger partial charge in [0.15, 0.2) is 0 Å².